The van der Waals surface area contributed by atoms with Crippen LogP contribution in [0.15, 0.2) is 48.5 Å². The molecule has 1 aromatic heterocycles. The van der Waals surface area contributed by atoms with Crippen LogP contribution in [0.3, 0.4) is 0 Å². The van der Waals surface area contributed by atoms with E-state index in [0.717, 1.165) is 4.90 Å². The Morgan fingerprint density at radius 3 is 2.18 bits per heavy atom. The van der Waals surface area contributed by atoms with E-state index in [1.54, 1.807) is 62.4 Å². The van der Waals surface area contributed by atoms with E-state index in [0.29, 0.717) is 33.9 Å². The molecule has 0 unspecified atom stereocenters. The Morgan fingerprint density at radius 1 is 1.00 bits per heavy atom. The molecule has 2 amide bonds. The van der Waals surface area contributed by atoms with Crippen molar-refractivity contribution < 1.29 is 19.1 Å². The first-order valence-corrected chi connectivity index (χ1v) is 8.84. The number of H-pyrrole nitrogens is 1. The van der Waals surface area contributed by atoms with Crippen molar-refractivity contribution in [3.05, 3.63) is 71.0 Å². The summed E-state index contributed by atoms with van der Waals surface area (Å²) >= 11 is 0. The van der Waals surface area contributed by atoms with Crippen LogP contribution in [0.4, 0.5) is 5.69 Å². The van der Waals surface area contributed by atoms with Gasteiger partial charge in [-0.3, -0.25) is 9.59 Å². The summed E-state index contributed by atoms with van der Waals surface area (Å²) in [5.41, 5.74) is 2.39. The summed E-state index contributed by atoms with van der Waals surface area (Å²) in [6.07, 6.45) is 0. The average molecular weight is 375 g/mol. The van der Waals surface area contributed by atoms with Crippen molar-refractivity contribution in [2.24, 2.45) is 0 Å². The summed E-state index contributed by atoms with van der Waals surface area (Å²) in [6.45, 7) is 3.68. The molecule has 0 aliphatic carbocycles. The minimum atomic E-state index is -0.527. The number of hydrogen-bond donors (Lipinski definition) is 1. The van der Waals surface area contributed by atoms with Crippen LogP contribution < -0.4 is 4.90 Å². The fourth-order valence-electron chi connectivity index (χ4n) is 3.26. The first-order valence-electron chi connectivity index (χ1n) is 8.84. The van der Waals surface area contributed by atoms with E-state index in [4.69, 9.17) is 4.74 Å². The molecule has 1 aliphatic heterocycles. The van der Waals surface area contributed by atoms with Crippen LogP contribution in [0, 0.1) is 6.92 Å². The van der Waals surface area contributed by atoms with Crippen molar-refractivity contribution in [3.8, 4) is 11.4 Å². The van der Waals surface area contributed by atoms with Crippen molar-refractivity contribution in [1.29, 1.82) is 0 Å². The number of rotatable bonds is 4. The van der Waals surface area contributed by atoms with Gasteiger partial charge in [-0.2, -0.15) is 0 Å². The van der Waals surface area contributed by atoms with E-state index in [9.17, 15) is 14.4 Å². The van der Waals surface area contributed by atoms with Crippen LogP contribution in [0.25, 0.3) is 11.4 Å². The molecule has 2 aromatic carbocycles. The van der Waals surface area contributed by atoms with Gasteiger partial charge < -0.3 is 9.72 Å². The number of nitrogens with one attached hydrogen (secondary N) is 1. The Bertz CT molecular complexity index is 1080. The number of aromatic amines is 1. The fraction of sp³-hybridized carbons (Fsp3) is 0.143. The lowest BCUT2D eigenvalue weighted by atomic mass is 10.1. The molecule has 0 saturated heterocycles. The molecule has 1 aliphatic rings. The van der Waals surface area contributed by atoms with Gasteiger partial charge in [0.05, 0.1) is 23.4 Å². The van der Waals surface area contributed by atoms with Crippen LogP contribution in [0.2, 0.25) is 0 Å². The summed E-state index contributed by atoms with van der Waals surface area (Å²) in [6, 6.07) is 13.7. The number of hydrogen-bond acceptors (Lipinski definition) is 5. The number of imidazole rings is 1. The SMILES string of the molecule is CCOC(=O)c1nc(-c2ccccc2N2C(=O)c3ccccc3C2=O)[nH]c1C. The average Bonchev–Trinajstić information content (AvgIpc) is 3.21. The molecule has 0 atom stereocenters. The van der Waals surface area contributed by atoms with Gasteiger partial charge in [-0.25, -0.2) is 14.7 Å². The molecular weight excluding hydrogens is 358 g/mol. The molecule has 140 valence electrons. The lowest BCUT2D eigenvalue weighted by Crippen LogP contribution is -2.29. The Balaban J connectivity index is 1.80. The van der Waals surface area contributed by atoms with Gasteiger partial charge in [-0.1, -0.05) is 24.3 Å². The Kier molecular flexibility index (Phi) is 4.27. The number of esters is 1. The Hall–Kier alpha value is -3.74. The molecule has 7 heteroatoms. The molecule has 7 nitrogen and oxygen atoms in total. The van der Waals surface area contributed by atoms with Crippen molar-refractivity contribution in [3.63, 3.8) is 0 Å². The molecule has 1 N–H and O–H groups in total. The number of benzene rings is 2. The highest BCUT2D eigenvalue weighted by Crippen LogP contribution is 2.35. The summed E-state index contributed by atoms with van der Waals surface area (Å²) in [7, 11) is 0. The van der Waals surface area contributed by atoms with E-state index in [2.05, 4.69) is 9.97 Å². The molecule has 28 heavy (non-hydrogen) atoms. The van der Waals surface area contributed by atoms with Crippen LogP contribution in [-0.4, -0.2) is 34.4 Å². The second kappa shape index (κ2) is 6.77. The van der Waals surface area contributed by atoms with E-state index >= 15 is 0 Å². The van der Waals surface area contributed by atoms with Gasteiger partial charge in [0.15, 0.2) is 5.69 Å². The maximum atomic E-state index is 12.9. The molecule has 0 fully saturated rings. The largest absolute Gasteiger partial charge is 0.461 e. The predicted octanol–water partition coefficient (Wildman–Crippen LogP) is 3.36. The zero-order valence-electron chi connectivity index (χ0n) is 15.4. The van der Waals surface area contributed by atoms with E-state index in [1.165, 1.54) is 0 Å². The standard InChI is InChI=1S/C21H17N3O4/c1-3-28-21(27)17-12(2)22-18(23-17)15-10-6-7-11-16(15)24-19(25)13-8-4-5-9-14(13)20(24)26/h4-11H,3H2,1-2H3,(H,22,23). The van der Waals surface area contributed by atoms with Crippen LogP contribution in [-0.2, 0) is 4.74 Å². The highest BCUT2D eigenvalue weighted by atomic mass is 16.5. The summed E-state index contributed by atoms with van der Waals surface area (Å²) in [5, 5.41) is 0. The van der Waals surface area contributed by atoms with Gasteiger partial charge in [-0.05, 0) is 38.1 Å². The van der Waals surface area contributed by atoms with Crippen molar-refractivity contribution >= 4 is 23.5 Å². The minimum Gasteiger partial charge on any atom is -0.461 e. The molecule has 4 rings (SSSR count). The summed E-state index contributed by atoms with van der Waals surface area (Å²) in [4.78, 5) is 46.3. The number of carbonyl (C=O) groups is 3. The van der Waals surface area contributed by atoms with Gasteiger partial charge in [-0.15, -0.1) is 0 Å². The molecular formula is C21H17N3O4. The van der Waals surface area contributed by atoms with Crippen molar-refractivity contribution in [2.75, 3.05) is 11.5 Å². The number of fused-ring (bicyclic) bond motifs is 1. The number of imide groups is 1. The maximum absolute atomic E-state index is 12.9. The molecule has 0 saturated carbocycles. The van der Waals surface area contributed by atoms with Gasteiger partial charge in [0.25, 0.3) is 11.8 Å². The smallest absolute Gasteiger partial charge is 0.358 e. The first-order chi connectivity index (χ1) is 13.5. The molecule has 3 aromatic rings. The maximum Gasteiger partial charge on any atom is 0.358 e. The predicted molar refractivity (Wildman–Crippen MR) is 102 cm³/mol. The fourth-order valence-corrected chi connectivity index (χ4v) is 3.26. The number of ether oxygens (including phenoxy) is 1. The van der Waals surface area contributed by atoms with Crippen molar-refractivity contribution in [2.45, 2.75) is 13.8 Å². The number of carbonyl (C=O) groups excluding carboxylic acids is 3. The third-order valence-corrected chi connectivity index (χ3v) is 4.55. The number of anilines is 1. The number of aromatic nitrogens is 2. The Morgan fingerprint density at radius 2 is 1.57 bits per heavy atom. The van der Waals surface area contributed by atoms with E-state index < -0.39 is 5.97 Å². The van der Waals surface area contributed by atoms with Crippen molar-refractivity contribution in [1.82, 2.24) is 9.97 Å². The van der Waals surface area contributed by atoms with Gasteiger partial charge in [0, 0.05) is 11.3 Å². The number of para-hydroxylation sites is 1. The molecule has 0 radical (unpaired) electrons. The van der Waals surface area contributed by atoms with Gasteiger partial charge >= 0.3 is 5.97 Å². The van der Waals surface area contributed by atoms with Gasteiger partial charge in [0.1, 0.15) is 5.82 Å². The topological polar surface area (TPSA) is 92.4 Å². The minimum absolute atomic E-state index is 0.175. The van der Waals surface area contributed by atoms with Gasteiger partial charge in [0.2, 0.25) is 0 Å². The number of nitrogens with zero attached hydrogens (tertiary/aromatic N) is 2. The van der Waals surface area contributed by atoms with Crippen LogP contribution >= 0.6 is 0 Å². The quantitative estimate of drug-likeness (QED) is 0.558. The lowest BCUT2D eigenvalue weighted by Gasteiger charge is -2.17. The second-order valence-electron chi connectivity index (χ2n) is 6.29. The molecule has 0 bridgehead atoms. The molecule has 0 spiro atoms. The molecule has 2 heterocycles. The lowest BCUT2D eigenvalue weighted by molar-refractivity contribution is 0.0519. The van der Waals surface area contributed by atoms with E-state index in [1.807, 2.05) is 0 Å². The van der Waals surface area contributed by atoms with Crippen LogP contribution in [0.1, 0.15) is 43.8 Å². The first kappa shape index (κ1) is 17.7. The second-order valence-corrected chi connectivity index (χ2v) is 6.29. The monoisotopic (exact) mass is 375 g/mol. The highest BCUT2D eigenvalue weighted by Gasteiger charge is 2.37. The van der Waals surface area contributed by atoms with Crippen LogP contribution in [0.5, 0.6) is 0 Å². The third kappa shape index (κ3) is 2.68. The number of amides is 2. The zero-order chi connectivity index (χ0) is 19.8. The normalized spacial score (nSPS) is 13.0. The zero-order valence-corrected chi connectivity index (χ0v) is 15.4. The highest BCUT2D eigenvalue weighted by molar-refractivity contribution is 6.35. The third-order valence-electron chi connectivity index (χ3n) is 4.55. The summed E-state index contributed by atoms with van der Waals surface area (Å²) in [5.74, 6) is -0.919. The van der Waals surface area contributed by atoms with E-state index in [-0.39, 0.29) is 24.1 Å². The number of aryl methyl sites for hydroxylation is 1. The Labute approximate surface area is 161 Å². The summed E-state index contributed by atoms with van der Waals surface area (Å²) < 4.78 is 5.02.